The molecule has 0 aliphatic rings. The van der Waals surface area contributed by atoms with Crippen molar-refractivity contribution in [2.75, 3.05) is 6.54 Å². The van der Waals surface area contributed by atoms with Crippen LogP contribution in [0.2, 0.25) is 0 Å². The summed E-state index contributed by atoms with van der Waals surface area (Å²) in [6.45, 7) is 6.15. The SMILES string of the molecule is Cc1ccc(C(=O)NC(C(=O)NCCc2ccc(F)cc2)C(C)C)cc1. The minimum atomic E-state index is -0.614. The van der Waals surface area contributed by atoms with Gasteiger partial charge in [-0.2, -0.15) is 0 Å². The lowest BCUT2D eigenvalue weighted by Gasteiger charge is -2.22. The van der Waals surface area contributed by atoms with Gasteiger partial charge in [0.15, 0.2) is 0 Å². The summed E-state index contributed by atoms with van der Waals surface area (Å²) >= 11 is 0. The van der Waals surface area contributed by atoms with Crippen molar-refractivity contribution in [2.45, 2.75) is 33.2 Å². The van der Waals surface area contributed by atoms with Crippen molar-refractivity contribution in [1.82, 2.24) is 10.6 Å². The molecule has 1 unspecified atom stereocenters. The largest absolute Gasteiger partial charge is 0.354 e. The summed E-state index contributed by atoms with van der Waals surface area (Å²) in [5.41, 5.74) is 2.54. The van der Waals surface area contributed by atoms with Crippen molar-refractivity contribution in [1.29, 1.82) is 0 Å². The summed E-state index contributed by atoms with van der Waals surface area (Å²) in [6.07, 6.45) is 0.600. The van der Waals surface area contributed by atoms with E-state index < -0.39 is 6.04 Å². The second kappa shape index (κ2) is 9.13. The molecule has 2 aromatic carbocycles. The van der Waals surface area contributed by atoms with Gasteiger partial charge in [0.1, 0.15) is 11.9 Å². The van der Waals surface area contributed by atoms with E-state index in [9.17, 15) is 14.0 Å². The topological polar surface area (TPSA) is 58.2 Å². The Morgan fingerprint density at radius 3 is 2.19 bits per heavy atom. The van der Waals surface area contributed by atoms with Crippen LogP contribution >= 0.6 is 0 Å². The summed E-state index contributed by atoms with van der Waals surface area (Å²) in [6, 6.07) is 12.8. The van der Waals surface area contributed by atoms with E-state index in [-0.39, 0.29) is 23.5 Å². The molecule has 0 bridgehead atoms. The minimum absolute atomic E-state index is 0.0461. The van der Waals surface area contributed by atoms with Crippen LogP contribution in [0.5, 0.6) is 0 Å². The summed E-state index contributed by atoms with van der Waals surface area (Å²) in [7, 11) is 0. The van der Waals surface area contributed by atoms with Crippen LogP contribution in [0.3, 0.4) is 0 Å². The average Bonchev–Trinajstić information content (AvgIpc) is 2.61. The van der Waals surface area contributed by atoms with Gasteiger partial charge in [-0.1, -0.05) is 43.7 Å². The van der Waals surface area contributed by atoms with E-state index in [1.54, 1.807) is 24.3 Å². The third-order valence-electron chi connectivity index (χ3n) is 4.18. The predicted octanol–water partition coefficient (Wildman–Crippen LogP) is 3.25. The first-order chi connectivity index (χ1) is 12.4. The number of aryl methyl sites for hydroxylation is 1. The van der Waals surface area contributed by atoms with Crippen LogP contribution in [0, 0.1) is 18.7 Å². The van der Waals surface area contributed by atoms with E-state index in [4.69, 9.17) is 0 Å². The van der Waals surface area contributed by atoms with Gasteiger partial charge >= 0.3 is 0 Å². The summed E-state index contributed by atoms with van der Waals surface area (Å²) in [5.74, 6) is -0.813. The average molecular weight is 356 g/mol. The first-order valence-corrected chi connectivity index (χ1v) is 8.76. The summed E-state index contributed by atoms with van der Waals surface area (Å²) in [4.78, 5) is 24.8. The van der Waals surface area contributed by atoms with Gasteiger partial charge in [0.05, 0.1) is 0 Å². The predicted molar refractivity (Wildman–Crippen MR) is 100 cm³/mol. The summed E-state index contributed by atoms with van der Waals surface area (Å²) in [5, 5.41) is 5.65. The summed E-state index contributed by atoms with van der Waals surface area (Å²) < 4.78 is 12.9. The molecule has 2 amide bonds. The molecule has 0 radical (unpaired) electrons. The maximum absolute atomic E-state index is 12.9. The molecule has 0 heterocycles. The van der Waals surface area contributed by atoms with E-state index in [1.807, 2.05) is 32.9 Å². The van der Waals surface area contributed by atoms with Crippen LogP contribution < -0.4 is 10.6 Å². The van der Waals surface area contributed by atoms with Crippen molar-refractivity contribution in [2.24, 2.45) is 5.92 Å². The molecule has 2 N–H and O–H groups in total. The molecule has 26 heavy (non-hydrogen) atoms. The van der Waals surface area contributed by atoms with Crippen LogP contribution in [0.1, 0.15) is 35.3 Å². The van der Waals surface area contributed by atoms with Gasteiger partial charge in [0.25, 0.3) is 5.91 Å². The molecule has 2 aromatic rings. The number of hydrogen-bond donors (Lipinski definition) is 2. The molecule has 4 nitrogen and oxygen atoms in total. The molecule has 0 saturated heterocycles. The Morgan fingerprint density at radius 2 is 1.62 bits per heavy atom. The molecule has 0 aliphatic carbocycles. The first kappa shape index (κ1) is 19.6. The highest BCUT2D eigenvalue weighted by molar-refractivity contribution is 5.97. The molecule has 0 aliphatic heterocycles. The number of amides is 2. The maximum Gasteiger partial charge on any atom is 0.251 e. The Kier molecular flexibility index (Phi) is 6.89. The Morgan fingerprint density at radius 1 is 1.00 bits per heavy atom. The monoisotopic (exact) mass is 356 g/mol. The molecule has 0 spiro atoms. The molecular weight excluding hydrogens is 331 g/mol. The van der Waals surface area contributed by atoms with Crippen molar-refractivity contribution >= 4 is 11.8 Å². The van der Waals surface area contributed by atoms with E-state index in [0.29, 0.717) is 18.5 Å². The quantitative estimate of drug-likeness (QED) is 0.800. The van der Waals surface area contributed by atoms with E-state index >= 15 is 0 Å². The lowest BCUT2D eigenvalue weighted by atomic mass is 10.0. The highest BCUT2D eigenvalue weighted by Gasteiger charge is 2.24. The number of carbonyl (C=O) groups excluding carboxylic acids is 2. The Hall–Kier alpha value is -2.69. The third-order valence-corrected chi connectivity index (χ3v) is 4.18. The Balaban J connectivity index is 1.90. The number of rotatable bonds is 7. The van der Waals surface area contributed by atoms with Gasteiger partial charge in [0, 0.05) is 12.1 Å². The Bertz CT molecular complexity index is 740. The lowest BCUT2D eigenvalue weighted by molar-refractivity contribution is -0.123. The molecule has 0 aromatic heterocycles. The standard InChI is InChI=1S/C21H25FN2O2/c1-14(2)19(24-20(25)17-8-4-15(3)5-9-17)21(26)23-13-12-16-6-10-18(22)11-7-16/h4-11,14,19H,12-13H2,1-3H3,(H,23,26)(H,24,25). The van der Waals surface area contributed by atoms with Gasteiger partial charge in [-0.25, -0.2) is 4.39 Å². The highest BCUT2D eigenvalue weighted by atomic mass is 19.1. The number of nitrogens with one attached hydrogen (secondary N) is 2. The van der Waals surface area contributed by atoms with E-state index in [0.717, 1.165) is 11.1 Å². The van der Waals surface area contributed by atoms with Crippen molar-refractivity contribution in [3.8, 4) is 0 Å². The van der Waals surface area contributed by atoms with Crippen molar-refractivity contribution < 1.29 is 14.0 Å². The van der Waals surface area contributed by atoms with Crippen LogP contribution in [0.15, 0.2) is 48.5 Å². The zero-order valence-electron chi connectivity index (χ0n) is 15.4. The molecule has 2 rings (SSSR count). The highest BCUT2D eigenvalue weighted by Crippen LogP contribution is 2.07. The smallest absolute Gasteiger partial charge is 0.251 e. The molecular formula is C21H25FN2O2. The fourth-order valence-electron chi connectivity index (χ4n) is 2.56. The van der Waals surface area contributed by atoms with Crippen molar-refractivity contribution in [3.63, 3.8) is 0 Å². The van der Waals surface area contributed by atoms with Gasteiger partial charge in [0.2, 0.25) is 5.91 Å². The first-order valence-electron chi connectivity index (χ1n) is 8.76. The number of carbonyl (C=O) groups is 2. The van der Waals surface area contributed by atoms with Crippen LogP contribution in [0.4, 0.5) is 4.39 Å². The Labute approximate surface area is 153 Å². The minimum Gasteiger partial charge on any atom is -0.354 e. The molecule has 0 fully saturated rings. The molecule has 138 valence electrons. The van der Waals surface area contributed by atoms with E-state index in [2.05, 4.69) is 10.6 Å². The zero-order valence-corrected chi connectivity index (χ0v) is 15.4. The maximum atomic E-state index is 12.9. The molecule has 0 saturated carbocycles. The fraction of sp³-hybridized carbons (Fsp3) is 0.333. The van der Waals surface area contributed by atoms with Crippen LogP contribution in [-0.4, -0.2) is 24.4 Å². The van der Waals surface area contributed by atoms with Crippen molar-refractivity contribution in [3.05, 3.63) is 71.0 Å². The molecule has 5 heteroatoms. The van der Waals surface area contributed by atoms with Crippen LogP contribution in [-0.2, 0) is 11.2 Å². The van der Waals surface area contributed by atoms with Gasteiger partial charge in [-0.3, -0.25) is 9.59 Å². The second-order valence-corrected chi connectivity index (χ2v) is 6.73. The lowest BCUT2D eigenvalue weighted by Crippen LogP contribution is -2.50. The third kappa shape index (κ3) is 5.69. The second-order valence-electron chi connectivity index (χ2n) is 6.73. The fourth-order valence-corrected chi connectivity index (χ4v) is 2.56. The van der Waals surface area contributed by atoms with E-state index in [1.165, 1.54) is 12.1 Å². The normalized spacial score (nSPS) is 11.9. The van der Waals surface area contributed by atoms with Gasteiger partial charge in [-0.05, 0) is 49.1 Å². The number of benzene rings is 2. The zero-order chi connectivity index (χ0) is 19.1. The molecule has 1 atom stereocenters. The van der Waals surface area contributed by atoms with Gasteiger partial charge in [-0.15, -0.1) is 0 Å². The number of halogens is 1. The number of hydrogen-bond acceptors (Lipinski definition) is 2. The van der Waals surface area contributed by atoms with Crippen LogP contribution in [0.25, 0.3) is 0 Å². The van der Waals surface area contributed by atoms with Gasteiger partial charge < -0.3 is 10.6 Å².